The molecule has 132 valence electrons. The number of benzene rings is 2. The summed E-state index contributed by atoms with van der Waals surface area (Å²) in [5, 5.41) is 6.04. The number of aromatic nitrogens is 1. The van der Waals surface area contributed by atoms with Crippen LogP contribution in [0.15, 0.2) is 54.9 Å². The molecule has 7 heteroatoms. The van der Waals surface area contributed by atoms with Crippen molar-refractivity contribution in [2.45, 2.75) is 6.92 Å². The van der Waals surface area contributed by atoms with Crippen molar-refractivity contribution in [3.8, 4) is 0 Å². The van der Waals surface area contributed by atoms with Crippen molar-refractivity contribution >= 4 is 34.6 Å². The van der Waals surface area contributed by atoms with Crippen LogP contribution in [0.2, 0.25) is 5.02 Å². The standard InChI is InChI=1S/C19H14ClF2N3O/c1-11-2-4-14(8-16(11)20)25-19(26)12-6-15(10-23-9-12)24-18-5-3-13(21)7-17(18)22/h2-10,24H,1H3,(H,25,26). The van der Waals surface area contributed by atoms with E-state index in [1.165, 1.54) is 24.5 Å². The van der Waals surface area contributed by atoms with E-state index in [9.17, 15) is 13.6 Å². The zero-order valence-corrected chi connectivity index (χ0v) is 14.4. The summed E-state index contributed by atoms with van der Waals surface area (Å²) in [4.78, 5) is 16.4. The molecule has 1 amide bonds. The molecule has 3 rings (SSSR count). The highest BCUT2D eigenvalue weighted by Gasteiger charge is 2.10. The van der Waals surface area contributed by atoms with Crippen LogP contribution in [0.3, 0.4) is 0 Å². The fourth-order valence-electron chi connectivity index (χ4n) is 2.25. The smallest absolute Gasteiger partial charge is 0.257 e. The molecule has 0 radical (unpaired) electrons. The van der Waals surface area contributed by atoms with E-state index in [0.29, 0.717) is 16.4 Å². The first-order valence-corrected chi connectivity index (χ1v) is 8.05. The van der Waals surface area contributed by atoms with Crippen molar-refractivity contribution in [1.29, 1.82) is 0 Å². The lowest BCUT2D eigenvalue weighted by Crippen LogP contribution is -2.12. The number of hydrogen-bond acceptors (Lipinski definition) is 3. The lowest BCUT2D eigenvalue weighted by Gasteiger charge is -2.10. The number of rotatable bonds is 4. The molecule has 0 atom stereocenters. The molecule has 0 fully saturated rings. The number of aryl methyl sites for hydroxylation is 1. The van der Waals surface area contributed by atoms with Crippen LogP contribution >= 0.6 is 11.6 Å². The van der Waals surface area contributed by atoms with E-state index in [1.54, 1.807) is 18.2 Å². The van der Waals surface area contributed by atoms with E-state index in [-0.39, 0.29) is 17.2 Å². The molecule has 0 spiro atoms. The molecule has 26 heavy (non-hydrogen) atoms. The highest BCUT2D eigenvalue weighted by Crippen LogP contribution is 2.22. The Balaban J connectivity index is 1.77. The molecule has 0 aliphatic rings. The first-order chi connectivity index (χ1) is 12.4. The van der Waals surface area contributed by atoms with Gasteiger partial charge in [0.05, 0.1) is 23.1 Å². The molecule has 0 aliphatic carbocycles. The maximum atomic E-state index is 13.7. The fraction of sp³-hybridized carbons (Fsp3) is 0.0526. The predicted molar refractivity (Wildman–Crippen MR) is 98.0 cm³/mol. The molecule has 0 unspecified atom stereocenters. The minimum absolute atomic E-state index is 0.0797. The number of halogens is 3. The summed E-state index contributed by atoms with van der Waals surface area (Å²) >= 11 is 6.05. The first kappa shape index (κ1) is 17.8. The van der Waals surface area contributed by atoms with Crippen molar-refractivity contribution in [2.24, 2.45) is 0 Å². The summed E-state index contributed by atoms with van der Waals surface area (Å²) in [6.07, 6.45) is 2.82. The molecule has 2 N–H and O–H groups in total. The van der Waals surface area contributed by atoms with Crippen LogP contribution in [0.4, 0.5) is 25.8 Å². The van der Waals surface area contributed by atoms with Gasteiger partial charge in [-0.2, -0.15) is 0 Å². The Morgan fingerprint density at radius 2 is 1.85 bits per heavy atom. The second-order valence-corrected chi connectivity index (χ2v) is 6.04. The normalized spacial score (nSPS) is 10.5. The van der Waals surface area contributed by atoms with Gasteiger partial charge in [0.25, 0.3) is 5.91 Å². The van der Waals surface area contributed by atoms with Crippen LogP contribution in [0, 0.1) is 18.6 Å². The Labute approximate surface area is 153 Å². The number of nitrogens with one attached hydrogen (secondary N) is 2. The second-order valence-electron chi connectivity index (χ2n) is 5.63. The van der Waals surface area contributed by atoms with Crippen LogP contribution in [0.1, 0.15) is 15.9 Å². The lowest BCUT2D eigenvalue weighted by molar-refractivity contribution is 0.102. The van der Waals surface area contributed by atoms with Gasteiger partial charge in [-0.3, -0.25) is 9.78 Å². The van der Waals surface area contributed by atoms with Crippen LogP contribution < -0.4 is 10.6 Å². The Kier molecular flexibility index (Phi) is 5.14. The Bertz CT molecular complexity index is 979. The molecule has 3 aromatic rings. The van der Waals surface area contributed by atoms with E-state index in [2.05, 4.69) is 15.6 Å². The molecule has 1 heterocycles. The van der Waals surface area contributed by atoms with Gasteiger partial charge in [-0.1, -0.05) is 17.7 Å². The minimum atomic E-state index is -0.742. The van der Waals surface area contributed by atoms with E-state index in [1.807, 2.05) is 6.92 Å². The van der Waals surface area contributed by atoms with Crippen molar-refractivity contribution in [3.05, 3.63) is 82.6 Å². The summed E-state index contributed by atoms with van der Waals surface area (Å²) < 4.78 is 26.7. The molecular formula is C19H14ClF2N3O. The highest BCUT2D eigenvalue weighted by atomic mass is 35.5. The number of anilines is 3. The van der Waals surface area contributed by atoms with Crippen molar-refractivity contribution in [3.63, 3.8) is 0 Å². The van der Waals surface area contributed by atoms with Gasteiger partial charge < -0.3 is 10.6 Å². The molecule has 0 bridgehead atoms. The van der Waals surface area contributed by atoms with Crippen molar-refractivity contribution in [1.82, 2.24) is 4.98 Å². The Hall–Kier alpha value is -2.99. The third-order valence-electron chi connectivity index (χ3n) is 3.64. The summed E-state index contributed by atoms with van der Waals surface area (Å²) in [7, 11) is 0. The summed E-state index contributed by atoms with van der Waals surface area (Å²) in [5.41, 5.74) is 2.20. The highest BCUT2D eigenvalue weighted by molar-refractivity contribution is 6.31. The maximum absolute atomic E-state index is 13.7. The van der Waals surface area contributed by atoms with Gasteiger partial charge in [0.2, 0.25) is 0 Å². The monoisotopic (exact) mass is 373 g/mol. The van der Waals surface area contributed by atoms with Gasteiger partial charge in [-0.25, -0.2) is 8.78 Å². The summed E-state index contributed by atoms with van der Waals surface area (Å²) in [6, 6.07) is 9.88. The van der Waals surface area contributed by atoms with Gasteiger partial charge in [-0.15, -0.1) is 0 Å². The zero-order chi connectivity index (χ0) is 18.7. The largest absolute Gasteiger partial charge is 0.352 e. The van der Waals surface area contributed by atoms with Gasteiger partial charge in [0.1, 0.15) is 11.6 Å². The number of amides is 1. The van der Waals surface area contributed by atoms with E-state index in [0.717, 1.165) is 17.7 Å². The quantitative estimate of drug-likeness (QED) is 0.651. The Morgan fingerprint density at radius 3 is 2.58 bits per heavy atom. The predicted octanol–water partition coefficient (Wildman–Crippen LogP) is 5.32. The van der Waals surface area contributed by atoms with Crippen LogP contribution in [-0.2, 0) is 0 Å². The van der Waals surface area contributed by atoms with Gasteiger partial charge in [0, 0.05) is 23.0 Å². The number of hydrogen-bond donors (Lipinski definition) is 2. The third kappa shape index (κ3) is 4.15. The lowest BCUT2D eigenvalue weighted by atomic mass is 10.2. The second kappa shape index (κ2) is 7.49. The number of nitrogens with zero attached hydrogens (tertiary/aromatic N) is 1. The molecule has 1 aromatic heterocycles. The molecule has 0 saturated heterocycles. The van der Waals surface area contributed by atoms with Crippen LogP contribution in [0.5, 0.6) is 0 Å². The average Bonchev–Trinajstić information content (AvgIpc) is 2.61. The van der Waals surface area contributed by atoms with E-state index >= 15 is 0 Å². The van der Waals surface area contributed by atoms with Crippen molar-refractivity contribution in [2.75, 3.05) is 10.6 Å². The van der Waals surface area contributed by atoms with Gasteiger partial charge in [-0.05, 0) is 42.8 Å². The zero-order valence-electron chi connectivity index (χ0n) is 13.7. The first-order valence-electron chi connectivity index (χ1n) is 7.67. The number of pyridine rings is 1. The molecular weight excluding hydrogens is 360 g/mol. The third-order valence-corrected chi connectivity index (χ3v) is 4.05. The van der Waals surface area contributed by atoms with Gasteiger partial charge in [0.15, 0.2) is 0 Å². The number of carbonyl (C=O) groups excluding carboxylic acids is 1. The Morgan fingerprint density at radius 1 is 1.04 bits per heavy atom. The number of carbonyl (C=O) groups is 1. The fourth-order valence-corrected chi connectivity index (χ4v) is 2.43. The van der Waals surface area contributed by atoms with E-state index in [4.69, 9.17) is 11.6 Å². The van der Waals surface area contributed by atoms with Gasteiger partial charge >= 0.3 is 0 Å². The average molecular weight is 374 g/mol. The van der Waals surface area contributed by atoms with Crippen LogP contribution in [-0.4, -0.2) is 10.9 Å². The minimum Gasteiger partial charge on any atom is -0.352 e. The molecule has 0 saturated carbocycles. The van der Waals surface area contributed by atoms with E-state index < -0.39 is 11.6 Å². The molecule has 0 aliphatic heterocycles. The molecule has 4 nitrogen and oxygen atoms in total. The maximum Gasteiger partial charge on any atom is 0.257 e. The van der Waals surface area contributed by atoms with Crippen molar-refractivity contribution < 1.29 is 13.6 Å². The summed E-state index contributed by atoms with van der Waals surface area (Å²) in [6.45, 7) is 1.86. The SMILES string of the molecule is Cc1ccc(NC(=O)c2cncc(Nc3ccc(F)cc3F)c2)cc1Cl. The topological polar surface area (TPSA) is 54.0 Å². The van der Waals surface area contributed by atoms with Crippen LogP contribution in [0.25, 0.3) is 0 Å². The summed E-state index contributed by atoms with van der Waals surface area (Å²) in [5.74, 6) is -1.80. The molecule has 2 aromatic carbocycles.